The molecule has 2 aromatic rings. The van der Waals surface area contributed by atoms with Gasteiger partial charge in [0.2, 0.25) is 5.88 Å². The van der Waals surface area contributed by atoms with E-state index < -0.39 is 0 Å². The van der Waals surface area contributed by atoms with E-state index in [4.69, 9.17) is 4.74 Å². The summed E-state index contributed by atoms with van der Waals surface area (Å²) >= 11 is 0. The lowest BCUT2D eigenvalue weighted by Crippen LogP contribution is -2.35. The molecule has 3 heteroatoms. The van der Waals surface area contributed by atoms with Crippen molar-refractivity contribution >= 4 is 10.8 Å². The van der Waals surface area contributed by atoms with Crippen molar-refractivity contribution < 1.29 is 4.74 Å². The van der Waals surface area contributed by atoms with Crippen molar-refractivity contribution in [1.82, 2.24) is 10.3 Å². The van der Waals surface area contributed by atoms with Gasteiger partial charge in [0.25, 0.3) is 0 Å². The van der Waals surface area contributed by atoms with Crippen molar-refractivity contribution in [1.29, 1.82) is 0 Å². The standard InChI is InChI=1S/C17H22N2O/c1-5-10-20-16-15-9-7-6-8-14(15)13(11-18-16)12-19-17(2,3)4/h5-9,11,19H,1,10,12H2,2-4H3. The minimum absolute atomic E-state index is 0.0825. The Morgan fingerprint density at radius 1 is 1.25 bits per heavy atom. The van der Waals surface area contributed by atoms with Gasteiger partial charge >= 0.3 is 0 Å². The quantitative estimate of drug-likeness (QED) is 0.841. The average molecular weight is 270 g/mol. The molecule has 1 heterocycles. The van der Waals surface area contributed by atoms with E-state index in [1.165, 1.54) is 10.9 Å². The number of benzene rings is 1. The van der Waals surface area contributed by atoms with Crippen LogP contribution in [0.1, 0.15) is 26.3 Å². The lowest BCUT2D eigenvalue weighted by atomic mass is 10.1. The van der Waals surface area contributed by atoms with Crippen molar-refractivity contribution in [3.8, 4) is 5.88 Å². The summed E-state index contributed by atoms with van der Waals surface area (Å²) in [7, 11) is 0. The molecule has 1 N–H and O–H groups in total. The van der Waals surface area contributed by atoms with Crippen LogP contribution < -0.4 is 10.1 Å². The lowest BCUT2D eigenvalue weighted by molar-refractivity contribution is 0.353. The fourth-order valence-electron chi connectivity index (χ4n) is 1.98. The van der Waals surface area contributed by atoms with Gasteiger partial charge in [0.05, 0.1) is 0 Å². The van der Waals surface area contributed by atoms with Gasteiger partial charge in [0.15, 0.2) is 0 Å². The SMILES string of the molecule is C=CCOc1ncc(CNC(C)(C)C)c2ccccc12. The van der Waals surface area contributed by atoms with E-state index in [9.17, 15) is 0 Å². The monoisotopic (exact) mass is 270 g/mol. The lowest BCUT2D eigenvalue weighted by Gasteiger charge is -2.21. The fourth-order valence-corrected chi connectivity index (χ4v) is 1.98. The summed E-state index contributed by atoms with van der Waals surface area (Å²) in [6.07, 6.45) is 3.62. The first-order valence-electron chi connectivity index (χ1n) is 6.86. The topological polar surface area (TPSA) is 34.1 Å². The number of hydrogen-bond donors (Lipinski definition) is 1. The second-order valence-corrected chi connectivity index (χ2v) is 5.84. The Bertz CT molecular complexity index is 599. The van der Waals surface area contributed by atoms with Gasteiger partial charge < -0.3 is 10.1 Å². The van der Waals surface area contributed by atoms with E-state index in [0.717, 1.165) is 11.9 Å². The Kier molecular flexibility index (Phi) is 4.40. The van der Waals surface area contributed by atoms with Crippen LogP contribution in [0.3, 0.4) is 0 Å². The maximum atomic E-state index is 5.62. The second kappa shape index (κ2) is 6.06. The molecule has 3 nitrogen and oxygen atoms in total. The normalized spacial score (nSPS) is 11.6. The molecule has 20 heavy (non-hydrogen) atoms. The first-order chi connectivity index (χ1) is 9.51. The number of nitrogens with zero attached hydrogens (tertiary/aromatic N) is 1. The Morgan fingerprint density at radius 3 is 2.60 bits per heavy atom. The van der Waals surface area contributed by atoms with Crippen LogP contribution in [0.2, 0.25) is 0 Å². The van der Waals surface area contributed by atoms with E-state index >= 15 is 0 Å². The Hall–Kier alpha value is -1.87. The highest BCUT2D eigenvalue weighted by atomic mass is 16.5. The predicted octanol–water partition coefficient (Wildman–Crippen LogP) is 3.69. The van der Waals surface area contributed by atoms with Crippen LogP contribution in [-0.4, -0.2) is 17.1 Å². The molecule has 2 rings (SSSR count). The molecule has 0 saturated carbocycles. The fraction of sp³-hybridized carbons (Fsp3) is 0.353. The van der Waals surface area contributed by atoms with Crippen molar-refractivity contribution in [2.24, 2.45) is 0 Å². The van der Waals surface area contributed by atoms with E-state index in [0.29, 0.717) is 12.5 Å². The summed E-state index contributed by atoms with van der Waals surface area (Å²) < 4.78 is 5.62. The number of fused-ring (bicyclic) bond motifs is 1. The molecule has 0 unspecified atom stereocenters. The molecule has 0 radical (unpaired) electrons. The van der Waals surface area contributed by atoms with Crippen molar-refractivity contribution in [3.05, 3.63) is 48.7 Å². The summed E-state index contributed by atoms with van der Waals surface area (Å²) in [4.78, 5) is 4.44. The first-order valence-corrected chi connectivity index (χ1v) is 6.86. The second-order valence-electron chi connectivity index (χ2n) is 5.84. The van der Waals surface area contributed by atoms with Gasteiger partial charge in [0, 0.05) is 23.7 Å². The zero-order chi connectivity index (χ0) is 14.6. The van der Waals surface area contributed by atoms with Crippen molar-refractivity contribution in [2.45, 2.75) is 32.9 Å². The molecule has 0 aliphatic rings. The molecule has 1 aromatic heterocycles. The zero-order valence-electron chi connectivity index (χ0n) is 12.4. The number of aromatic nitrogens is 1. The summed E-state index contributed by atoms with van der Waals surface area (Å²) in [5, 5.41) is 5.72. The smallest absolute Gasteiger partial charge is 0.221 e. The minimum atomic E-state index is 0.0825. The van der Waals surface area contributed by atoms with E-state index in [-0.39, 0.29) is 5.54 Å². The summed E-state index contributed by atoms with van der Waals surface area (Å²) in [5.41, 5.74) is 1.26. The van der Waals surface area contributed by atoms with Crippen LogP contribution in [0, 0.1) is 0 Å². The van der Waals surface area contributed by atoms with Crippen LogP contribution in [0.15, 0.2) is 43.1 Å². The Balaban J connectivity index is 2.35. The van der Waals surface area contributed by atoms with E-state index in [1.54, 1.807) is 6.08 Å². The largest absolute Gasteiger partial charge is 0.473 e. The molecule has 106 valence electrons. The molecule has 0 aliphatic carbocycles. The maximum Gasteiger partial charge on any atom is 0.221 e. The summed E-state index contributed by atoms with van der Waals surface area (Å²) in [5.74, 6) is 0.667. The minimum Gasteiger partial charge on any atom is -0.473 e. The molecule has 0 bridgehead atoms. The zero-order valence-corrected chi connectivity index (χ0v) is 12.4. The first kappa shape index (κ1) is 14.5. The van der Waals surface area contributed by atoms with Crippen LogP contribution >= 0.6 is 0 Å². The van der Waals surface area contributed by atoms with Gasteiger partial charge in [-0.3, -0.25) is 0 Å². The third-order valence-corrected chi connectivity index (χ3v) is 2.99. The number of hydrogen-bond acceptors (Lipinski definition) is 3. The summed E-state index contributed by atoms with van der Waals surface area (Å²) in [6, 6.07) is 8.20. The van der Waals surface area contributed by atoms with E-state index in [1.807, 2.05) is 24.4 Å². The Morgan fingerprint density at radius 2 is 1.95 bits per heavy atom. The number of nitrogens with one attached hydrogen (secondary N) is 1. The third-order valence-electron chi connectivity index (χ3n) is 2.99. The van der Waals surface area contributed by atoms with Gasteiger partial charge in [-0.2, -0.15) is 0 Å². The van der Waals surface area contributed by atoms with Gasteiger partial charge in [-0.05, 0) is 37.8 Å². The third kappa shape index (κ3) is 3.58. The van der Waals surface area contributed by atoms with Gasteiger partial charge in [-0.1, -0.05) is 30.9 Å². The molecule has 0 atom stereocenters. The molecule has 0 spiro atoms. The molecular weight excluding hydrogens is 248 g/mol. The van der Waals surface area contributed by atoms with Crippen molar-refractivity contribution in [3.63, 3.8) is 0 Å². The van der Waals surface area contributed by atoms with Crippen LogP contribution in [0.5, 0.6) is 5.88 Å². The number of pyridine rings is 1. The average Bonchev–Trinajstić information content (AvgIpc) is 2.42. The highest BCUT2D eigenvalue weighted by molar-refractivity contribution is 5.89. The van der Waals surface area contributed by atoms with Gasteiger partial charge in [0.1, 0.15) is 6.61 Å². The van der Waals surface area contributed by atoms with Crippen LogP contribution in [0.4, 0.5) is 0 Å². The molecule has 0 aliphatic heterocycles. The molecule has 0 saturated heterocycles. The Labute approximate surface area is 120 Å². The van der Waals surface area contributed by atoms with Gasteiger partial charge in [-0.25, -0.2) is 4.98 Å². The highest BCUT2D eigenvalue weighted by Gasteiger charge is 2.12. The van der Waals surface area contributed by atoms with Crippen molar-refractivity contribution in [2.75, 3.05) is 6.61 Å². The molecule has 0 amide bonds. The number of rotatable bonds is 5. The molecular formula is C17H22N2O. The maximum absolute atomic E-state index is 5.62. The molecule has 0 fully saturated rings. The van der Waals surface area contributed by atoms with Crippen LogP contribution in [0.25, 0.3) is 10.8 Å². The van der Waals surface area contributed by atoms with E-state index in [2.05, 4.69) is 43.7 Å². The predicted molar refractivity (Wildman–Crippen MR) is 84.0 cm³/mol. The molecule has 1 aromatic carbocycles. The van der Waals surface area contributed by atoms with Crippen LogP contribution in [-0.2, 0) is 6.54 Å². The van der Waals surface area contributed by atoms with Gasteiger partial charge in [-0.15, -0.1) is 0 Å². The number of ether oxygens (including phenoxy) is 1. The highest BCUT2D eigenvalue weighted by Crippen LogP contribution is 2.26. The summed E-state index contributed by atoms with van der Waals surface area (Å²) in [6.45, 7) is 11.4.